The number of phenols is 4. The minimum absolute atomic E-state index is 0.00375. The third-order valence-electron chi connectivity index (χ3n) is 19.5. The molecule has 4 aromatic carbocycles. The molecule has 11 rings (SSSR count). The van der Waals surface area contributed by atoms with E-state index in [0.717, 1.165) is 12.3 Å². The largest absolute Gasteiger partial charge is 0.506 e. The number of rotatable bonds is 35. The minimum atomic E-state index is -1.27. The summed E-state index contributed by atoms with van der Waals surface area (Å²) >= 11 is 44.6. The molecular weight excluding hydrogens is 2100 g/mol. The Hall–Kier alpha value is -15.0. The highest BCUT2D eigenvalue weighted by molar-refractivity contribution is 9.10. The van der Waals surface area contributed by atoms with Gasteiger partial charge in [0.2, 0.25) is 29.2 Å². The number of ether oxygens (including phenoxy) is 1. The van der Waals surface area contributed by atoms with E-state index in [1.54, 1.807) is 0 Å². The third kappa shape index (κ3) is 36.3. The molecule has 30 N–H and O–H groups in total. The van der Waals surface area contributed by atoms with Gasteiger partial charge in [-0.15, -0.1) is 0 Å². The predicted molar refractivity (Wildman–Crippen MR) is 529 cm³/mol. The summed E-state index contributed by atoms with van der Waals surface area (Å²) in [7, 11) is 1.50. The summed E-state index contributed by atoms with van der Waals surface area (Å²) in [6.07, 6.45) is 0.591. The summed E-state index contributed by atoms with van der Waals surface area (Å²) < 4.78 is 5.06. The Bertz CT molecular complexity index is 6540. The van der Waals surface area contributed by atoms with Crippen molar-refractivity contribution in [3.8, 4) is 23.0 Å². The Kier molecular flexibility index (Phi) is 42.5. The van der Waals surface area contributed by atoms with Gasteiger partial charge < -0.3 is 156 Å². The van der Waals surface area contributed by atoms with Gasteiger partial charge in [-0.05, 0) is 88.7 Å². The molecule has 58 heteroatoms. The van der Waals surface area contributed by atoms with Gasteiger partial charge >= 0.3 is 23.9 Å². The summed E-state index contributed by atoms with van der Waals surface area (Å²) in [5, 5.41) is 127. The number of aromatic nitrogens is 4. The molecule has 0 radical (unpaired) electrons. The van der Waals surface area contributed by atoms with E-state index in [-0.39, 0.29) is 144 Å². The minimum Gasteiger partial charge on any atom is -0.506 e. The number of β-amino-alcohol motifs (C(OH)–C–C–N with tert-alkyl or cyclic N) is 1. The fourth-order valence-corrected chi connectivity index (χ4v) is 15.0. The second kappa shape index (κ2) is 53.6. The van der Waals surface area contributed by atoms with Crippen LogP contribution in [0.3, 0.4) is 0 Å². The summed E-state index contributed by atoms with van der Waals surface area (Å²) in [4.78, 5) is 220. The second-order valence-electron chi connectivity index (χ2n) is 31.3. The molecule has 0 spiro atoms. The number of carbonyl (C=O) groups is 12. The first-order chi connectivity index (χ1) is 67.5. The highest BCUT2D eigenvalue weighted by Crippen LogP contribution is 2.40. The van der Waals surface area contributed by atoms with E-state index in [0.29, 0.717) is 50.7 Å². The fourth-order valence-electron chi connectivity index (χ4n) is 12.7. The zero-order valence-corrected chi connectivity index (χ0v) is 81.7. The lowest BCUT2D eigenvalue weighted by atomic mass is 9.93. The SMILES string of the molecule is CC1(C)CN=C(Nc2cc(C(=O)NCC(=O)N[C@@H](CC(=O)O)c3cc(Cl)cc(Cl)c3O)c[nH]c2=O)NC1.COCCN=C(N)Nc1cc(C(=O)NCC(=O)N[C@@H](CC(=O)O)c2cc(Cl)cc(Cl)c2O)c[nH]c1=O.O=C(O)C[C@@H](NC(=O)CNC(=O)c1c[nH]c(=O)c(NC2=NCCN2)c1)c1cc(Cl)cc(Cl)c1O.O=C(O)C[C@H](NC(=O)CNC(=O)c1cc(NC2=NCC(O)CN2)[nH]c(=O)c1)c1cc(Cl)cc(Br)c1O. The van der Waals surface area contributed by atoms with Crippen molar-refractivity contribution in [2.45, 2.75) is 69.8 Å². The number of pyridine rings is 4. The molecule has 50 nitrogen and oxygen atoms in total. The van der Waals surface area contributed by atoms with Crippen molar-refractivity contribution >= 4 is 215 Å². The number of methoxy groups -OCH3 is 1. The van der Waals surface area contributed by atoms with Crippen molar-refractivity contribution in [1.29, 1.82) is 0 Å². The maximum atomic E-state index is 12.6. The molecule has 5 atom stereocenters. The number of nitrogens with one attached hydrogen (secondary N) is 19. The molecule has 143 heavy (non-hydrogen) atoms. The lowest BCUT2D eigenvalue weighted by Crippen LogP contribution is -2.44. The van der Waals surface area contributed by atoms with Crippen LogP contribution in [0.2, 0.25) is 35.2 Å². The average Bonchev–Trinajstić information content (AvgIpc) is 1.36. The summed E-state index contributed by atoms with van der Waals surface area (Å²) in [5.41, 5.74) is 3.86. The molecular formula is C85H92BrCl7N24O26. The lowest BCUT2D eigenvalue weighted by Gasteiger charge is -2.29. The molecule has 8 aromatic rings. The van der Waals surface area contributed by atoms with Crippen LogP contribution in [-0.4, -0.2) is 253 Å². The van der Waals surface area contributed by atoms with Crippen LogP contribution in [-0.2, 0) is 43.1 Å². The molecule has 7 heterocycles. The number of anilines is 4. The normalized spacial score (nSPS) is 14.1. The van der Waals surface area contributed by atoms with Crippen molar-refractivity contribution in [3.05, 3.63) is 223 Å². The van der Waals surface area contributed by atoms with Crippen LogP contribution >= 0.6 is 97.1 Å². The first kappa shape index (κ1) is 113. The van der Waals surface area contributed by atoms with E-state index >= 15 is 0 Å². The number of aliphatic imine (C=N–C) groups is 4. The lowest BCUT2D eigenvalue weighted by molar-refractivity contribution is -0.139. The molecule has 0 fully saturated rings. The molecule has 764 valence electrons. The van der Waals surface area contributed by atoms with Gasteiger partial charge in [0.15, 0.2) is 23.8 Å². The number of halogens is 8. The maximum Gasteiger partial charge on any atom is 0.305 e. The number of carboxylic acids is 4. The summed E-state index contributed by atoms with van der Waals surface area (Å²) in [5.74, 6) is -11.2. The Labute approximate surface area is 850 Å². The molecule has 1 unspecified atom stereocenters. The number of H-pyrrole nitrogens is 4. The highest BCUT2D eigenvalue weighted by Gasteiger charge is 2.31. The molecule has 3 aliphatic rings. The monoisotopic (exact) mass is 2190 g/mol. The zero-order valence-electron chi connectivity index (χ0n) is 74.8. The number of aliphatic hydroxyl groups excluding tert-OH is 1. The fraction of sp³-hybridized carbons (Fsp3) is 0.294. The van der Waals surface area contributed by atoms with Crippen molar-refractivity contribution in [2.75, 3.05) is 107 Å². The molecule has 0 aliphatic carbocycles. The molecule has 0 bridgehead atoms. The van der Waals surface area contributed by atoms with Crippen molar-refractivity contribution < 1.29 is 108 Å². The summed E-state index contributed by atoms with van der Waals surface area (Å²) in [6.45, 7) is 5.35. The van der Waals surface area contributed by atoms with Crippen molar-refractivity contribution in [3.63, 3.8) is 0 Å². The summed E-state index contributed by atoms with van der Waals surface area (Å²) in [6, 6.07) is 11.9. The van der Waals surface area contributed by atoms with Gasteiger partial charge in [0.05, 0.1) is 145 Å². The van der Waals surface area contributed by atoms with Gasteiger partial charge in [0.1, 0.15) is 45.9 Å². The van der Waals surface area contributed by atoms with Crippen LogP contribution in [0.4, 0.5) is 22.9 Å². The molecule has 4 aromatic heterocycles. The Morgan fingerprint density at radius 1 is 0.483 bits per heavy atom. The van der Waals surface area contributed by atoms with E-state index in [9.17, 15) is 123 Å². The molecule has 0 saturated carbocycles. The predicted octanol–water partition coefficient (Wildman–Crippen LogP) is 3.78. The number of aliphatic hydroxyl groups is 1. The number of aromatic amines is 4. The number of nitrogens with two attached hydrogens (primary N) is 1. The number of carboxylic acid groups (broad SMARTS) is 4. The zero-order chi connectivity index (χ0) is 105. The smallest absolute Gasteiger partial charge is 0.305 e. The Morgan fingerprint density at radius 2 is 0.853 bits per heavy atom. The first-order valence-electron chi connectivity index (χ1n) is 41.7. The number of carbonyl (C=O) groups excluding carboxylic acids is 8. The highest BCUT2D eigenvalue weighted by atomic mass is 79.9. The number of hydrogen-bond acceptors (Lipinski definition) is 32. The standard InChI is InChI=1S/C23H26Cl2N6O6.C21H22BrClN6O7.C21H24Cl2N6O7.C20H20Cl2N6O6/c1-23(2)9-28-22(29-10-23)31-16-3-11(7-26-21(16)37)20(36)27-8-17(32)30-15(6-18(33)34)13-4-12(24)5-14(25)19(13)35;22-13-4-10(23)3-12(19(13)35)14(5-18(33)34)27-17(32)8-24-20(36)9-1-15(28-16(31)2-9)29-21-25-6-11(30)7-26-21;1-36-3-2-25-21(24)29-15-4-10(8-26-20(15)35)19(34)27-9-16(30)28-14(7-17(31)32)12-5-11(22)6-13(23)18(12)33;21-10-4-11(17(32)12(22)5-10)13(6-16(30)31)27-15(29)8-26-18(33)9-3-14(19(34)25-7-9)28-20-23-1-2-24-20/h3-5,7,15,35H,6,8-10H2,1-2H3,(H,26,37)(H,27,36)(H,30,32)(H,33,34)(H2,28,29,31);1-4,11,14,30,35H,5-8H2,(H,24,36)(H,27,32)(H,33,34)(H3,25,26,28,29,31);4-6,8,14,33H,2-3,7,9H2,1H3,(H,26,35)(H,27,34)(H,28,30)(H,31,32)(H3,24,25,29);3-5,7,13,32H,1-2,6,8H2,(H,25,34)(H,26,33)(H,27,29)(H,30,31)(H2,23,24,28)/t15-;2*14-;13-/m0001/s1. The molecule has 8 amide bonds. The average molecular weight is 2190 g/mol. The Balaban J connectivity index is 0.000000233. The molecule has 3 aliphatic heterocycles. The van der Waals surface area contributed by atoms with Crippen LogP contribution in [0.15, 0.2) is 141 Å². The van der Waals surface area contributed by atoms with Gasteiger partial charge in [-0.3, -0.25) is 96.7 Å². The van der Waals surface area contributed by atoms with Gasteiger partial charge in [-0.25, -0.2) is 0 Å². The van der Waals surface area contributed by atoms with Gasteiger partial charge in [0.25, 0.3) is 40.3 Å². The number of aliphatic carboxylic acids is 4. The number of hydrogen-bond donors (Lipinski definition) is 29. The first-order valence-corrected chi connectivity index (χ1v) is 45.2. The number of aromatic hydroxyl groups is 4. The van der Waals surface area contributed by atoms with Crippen LogP contribution in [0.25, 0.3) is 0 Å². The van der Waals surface area contributed by atoms with E-state index in [1.165, 1.54) is 92.3 Å². The number of phenolic OH excluding ortho intramolecular Hbond substituents is 4. The van der Waals surface area contributed by atoms with Crippen molar-refractivity contribution in [1.82, 2.24) is 78.4 Å². The van der Waals surface area contributed by atoms with E-state index in [2.05, 4.69) is 136 Å². The van der Waals surface area contributed by atoms with E-state index in [4.69, 9.17) is 91.7 Å². The Morgan fingerprint density at radius 3 is 1.22 bits per heavy atom. The number of nitrogens with zero attached hydrogens (tertiary/aromatic N) is 4. The molecule has 0 saturated heterocycles. The maximum absolute atomic E-state index is 12.6. The van der Waals surface area contributed by atoms with Gasteiger partial charge in [-0.1, -0.05) is 95.1 Å². The number of benzene rings is 4. The second-order valence-corrected chi connectivity index (χ2v) is 35.1. The number of amides is 8. The van der Waals surface area contributed by atoms with Crippen LogP contribution in [0.5, 0.6) is 23.0 Å². The van der Waals surface area contributed by atoms with Gasteiger partial charge in [-0.2, -0.15) is 0 Å². The van der Waals surface area contributed by atoms with Crippen LogP contribution in [0.1, 0.15) is 127 Å². The van der Waals surface area contributed by atoms with Crippen molar-refractivity contribution in [2.24, 2.45) is 31.1 Å². The van der Waals surface area contributed by atoms with Gasteiger partial charge in [0, 0.05) is 111 Å². The van der Waals surface area contributed by atoms with E-state index in [1.807, 2.05) is 13.8 Å². The van der Waals surface area contributed by atoms with E-state index < -0.39 is 193 Å². The third-order valence-corrected chi connectivity index (χ3v) is 21.8. The van der Waals surface area contributed by atoms with Crippen LogP contribution < -0.4 is 108 Å². The topological polar surface area (TPSA) is 783 Å². The quantitative estimate of drug-likeness (QED) is 0.0153. The van der Waals surface area contributed by atoms with Crippen LogP contribution in [0, 0.1) is 5.41 Å². The number of guanidine groups is 4.